The van der Waals surface area contributed by atoms with Crippen molar-refractivity contribution in [2.45, 2.75) is 22.5 Å². The minimum absolute atomic E-state index is 0.0668. The van der Waals surface area contributed by atoms with E-state index in [1.165, 1.54) is 29.2 Å². The molecule has 0 radical (unpaired) electrons. The van der Waals surface area contributed by atoms with Crippen molar-refractivity contribution in [1.29, 1.82) is 0 Å². The number of nitrogens with zero attached hydrogens (tertiary/aromatic N) is 1. The zero-order valence-electron chi connectivity index (χ0n) is 16.1. The summed E-state index contributed by atoms with van der Waals surface area (Å²) in [5, 5.41) is 11.7. The van der Waals surface area contributed by atoms with Crippen LogP contribution in [0.4, 0.5) is 11.4 Å². The van der Waals surface area contributed by atoms with Crippen molar-refractivity contribution in [2.75, 3.05) is 10.2 Å². The van der Waals surface area contributed by atoms with Gasteiger partial charge in [-0.3, -0.25) is 19.3 Å². The number of carbonyl (C=O) groups is 4. The van der Waals surface area contributed by atoms with E-state index in [-0.39, 0.29) is 38.9 Å². The maximum absolute atomic E-state index is 12.9. The van der Waals surface area contributed by atoms with Crippen LogP contribution in [0.5, 0.6) is 0 Å². The molecular weight excluding hydrogens is 532 g/mol. The fourth-order valence-corrected chi connectivity index (χ4v) is 5.28. The van der Waals surface area contributed by atoms with E-state index >= 15 is 0 Å². The van der Waals surface area contributed by atoms with Crippen LogP contribution in [-0.4, -0.2) is 38.5 Å². The molecule has 1 aliphatic carbocycles. The summed E-state index contributed by atoms with van der Waals surface area (Å²) in [4.78, 5) is 50.9. The fraction of sp³-hybridized carbons (Fsp3) is 0.273. The number of nitrogens with one attached hydrogen (secondary N) is 1. The number of carbonyl (C=O) groups excluding carboxylic acids is 3. The Balaban J connectivity index is 1.50. The normalized spacial score (nSPS) is 25.3. The van der Waals surface area contributed by atoms with Crippen molar-refractivity contribution in [2.24, 2.45) is 11.8 Å². The molecule has 2 fully saturated rings. The molecule has 160 valence electrons. The van der Waals surface area contributed by atoms with Crippen molar-refractivity contribution in [3.63, 3.8) is 0 Å². The van der Waals surface area contributed by atoms with E-state index in [0.29, 0.717) is 29.8 Å². The van der Waals surface area contributed by atoms with E-state index in [2.05, 4.69) is 37.2 Å². The van der Waals surface area contributed by atoms with Crippen LogP contribution in [0, 0.1) is 11.8 Å². The summed E-state index contributed by atoms with van der Waals surface area (Å²) < 4.78 is 0. The molecule has 0 aromatic heterocycles. The summed E-state index contributed by atoms with van der Waals surface area (Å²) in [7, 11) is 0. The van der Waals surface area contributed by atoms with Crippen LogP contribution in [0.3, 0.4) is 0 Å². The Morgan fingerprint density at radius 2 is 1.48 bits per heavy atom. The first kappa shape index (κ1) is 21.7. The summed E-state index contributed by atoms with van der Waals surface area (Å²) in [6.07, 6.45) is 1.19. The van der Waals surface area contributed by atoms with Gasteiger partial charge in [-0.05, 0) is 55.3 Å². The molecule has 7 nitrogen and oxygen atoms in total. The van der Waals surface area contributed by atoms with Gasteiger partial charge in [-0.2, -0.15) is 0 Å². The number of halogens is 2. The van der Waals surface area contributed by atoms with Crippen LogP contribution < -0.4 is 10.2 Å². The topological polar surface area (TPSA) is 104 Å². The molecule has 4 rings (SSSR count). The van der Waals surface area contributed by atoms with Gasteiger partial charge in [-0.25, -0.2) is 4.79 Å². The Kier molecular flexibility index (Phi) is 5.98. The molecule has 2 N–H and O–H groups in total. The van der Waals surface area contributed by atoms with E-state index in [0.717, 1.165) is 0 Å². The van der Waals surface area contributed by atoms with Crippen LogP contribution in [0.2, 0.25) is 0 Å². The fourth-order valence-electron chi connectivity index (χ4n) is 4.04. The van der Waals surface area contributed by atoms with Gasteiger partial charge in [-0.1, -0.05) is 37.9 Å². The number of carboxylic acids is 1. The van der Waals surface area contributed by atoms with E-state index in [9.17, 15) is 19.2 Å². The number of anilines is 2. The second-order valence-corrected chi connectivity index (χ2v) is 9.97. The molecule has 0 unspecified atom stereocenters. The van der Waals surface area contributed by atoms with Gasteiger partial charge in [0.05, 0.1) is 23.1 Å². The van der Waals surface area contributed by atoms with E-state index < -0.39 is 11.9 Å². The van der Waals surface area contributed by atoms with Gasteiger partial charge in [0.1, 0.15) is 0 Å². The number of alkyl halides is 2. The number of fused-ring (bicyclic) bond motifs is 1. The first-order valence-electron chi connectivity index (χ1n) is 9.67. The first-order chi connectivity index (χ1) is 14.8. The second kappa shape index (κ2) is 8.55. The largest absolute Gasteiger partial charge is 0.478 e. The van der Waals surface area contributed by atoms with Crippen molar-refractivity contribution >= 4 is 66.9 Å². The van der Waals surface area contributed by atoms with Crippen LogP contribution in [0.15, 0.2) is 48.5 Å². The number of aromatic carboxylic acids is 1. The van der Waals surface area contributed by atoms with Crippen LogP contribution >= 0.6 is 31.9 Å². The Bertz CT molecular complexity index is 1040. The van der Waals surface area contributed by atoms with Crippen LogP contribution in [0.25, 0.3) is 0 Å². The average molecular weight is 550 g/mol. The van der Waals surface area contributed by atoms with Gasteiger partial charge >= 0.3 is 5.97 Å². The lowest BCUT2D eigenvalue weighted by molar-refractivity contribution is -0.122. The maximum Gasteiger partial charge on any atom is 0.335 e. The molecule has 1 saturated carbocycles. The number of hydrogen-bond donors (Lipinski definition) is 2. The molecule has 3 amide bonds. The van der Waals surface area contributed by atoms with Gasteiger partial charge in [0.15, 0.2) is 0 Å². The molecule has 1 aliphatic heterocycles. The minimum atomic E-state index is -1.08. The van der Waals surface area contributed by atoms with Crippen LogP contribution in [-0.2, 0) is 9.59 Å². The molecule has 2 aliphatic rings. The molecule has 2 aromatic carbocycles. The molecule has 9 heteroatoms. The predicted octanol–water partition coefficient (Wildman–Crippen LogP) is 4.06. The SMILES string of the molecule is O=C(O)c1cccc(NC(=O)c2ccc(N3C(=O)[C@H]4C[C@@H](Br)[C@@H](Br)C[C@H]4C3=O)cc2)c1. The van der Waals surface area contributed by atoms with Crippen molar-refractivity contribution < 1.29 is 24.3 Å². The predicted molar refractivity (Wildman–Crippen MR) is 122 cm³/mol. The van der Waals surface area contributed by atoms with Crippen molar-refractivity contribution in [3.8, 4) is 0 Å². The van der Waals surface area contributed by atoms with E-state index in [4.69, 9.17) is 5.11 Å². The zero-order chi connectivity index (χ0) is 22.3. The smallest absolute Gasteiger partial charge is 0.335 e. The van der Waals surface area contributed by atoms with Gasteiger partial charge < -0.3 is 10.4 Å². The molecule has 0 bridgehead atoms. The standard InChI is InChI=1S/C22H18Br2N2O5/c23-17-9-15-16(10-18(17)24)21(29)26(20(15)28)14-6-4-11(5-7-14)19(27)25-13-3-1-2-12(8-13)22(30)31/h1-8,15-18H,9-10H2,(H,25,27)(H,30,31)/t15-,16+,17+,18-. The number of benzene rings is 2. The molecular formula is C22H18Br2N2O5. The summed E-state index contributed by atoms with van der Waals surface area (Å²) >= 11 is 7.15. The Morgan fingerprint density at radius 3 is 2.03 bits per heavy atom. The highest BCUT2D eigenvalue weighted by Gasteiger charge is 2.52. The number of carboxylic acid groups (broad SMARTS) is 1. The highest BCUT2D eigenvalue weighted by atomic mass is 79.9. The summed E-state index contributed by atoms with van der Waals surface area (Å²) in [6.45, 7) is 0. The van der Waals surface area contributed by atoms with Crippen molar-refractivity contribution in [1.82, 2.24) is 0 Å². The third-order valence-electron chi connectivity index (χ3n) is 5.67. The lowest BCUT2D eigenvalue weighted by Gasteiger charge is -2.29. The quantitative estimate of drug-likeness (QED) is 0.442. The Hall–Kier alpha value is -2.52. The van der Waals surface area contributed by atoms with Gasteiger partial charge in [0.25, 0.3) is 5.91 Å². The third kappa shape index (κ3) is 4.16. The van der Waals surface area contributed by atoms with Gasteiger partial charge in [0, 0.05) is 20.9 Å². The Labute approximate surface area is 195 Å². The molecule has 0 spiro atoms. The van der Waals surface area contributed by atoms with E-state index in [1.54, 1.807) is 24.3 Å². The molecule has 2 aromatic rings. The molecule has 31 heavy (non-hydrogen) atoms. The molecule has 1 heterocycles. The van der Waals surface area contributed by atoms with Crippen LogP contribution in [0.1, 0.15) is 33.6 Å². The van der Waals surface area contributed by atoms with Crippen molar-refractivity contribution in [3.05, 3.63) is 59.7 Å². The Morgan fingerprint density at radius 1 is 0.903 bits per heavy atom. The minimum Gasteiger partial charge on any atom is -0.478 e. The lowest BCUT2D eigenvalue weighted by Crippen LogP contribution is -2.34. The van der Waals surface area contributed by atoms with E-state index in [1.807, 2.05) is 0 Å². The maximum atomic E-state index is 12.9. The first-order valence-corrected chi connectivity index (χ1v) is 11.5. The highest BCUT2D eigenvalue weighted by Crippen LogP contribution is 2.44. The summed E-state index contributed by atoms with van der Waals surface area (Å²) in [6, 6.07) is 12.2. The number of hydrogen-bond acceptors (Lipinski definition) is 4. The third-order valence-corrected chi connectivity index (χ3v) is 8.40. The number of amides is 3. The monoisotopic (exact) mass is 548 g/mol. The zero-order valence-corrected chi connectivity index (χ0v) is 19.3. The highest BCUT2D eigenvalue weighted by molar-refractivity contribution is 9.12. The molecule has 4 atom stereocenters. The molecule has 1 saturated heterocycles. The number of imide groups is 1. The van der Waals surface area contributed by atoms with Gasteiger partial charge in [-0.15, -0.1) is 0 Å². The second-order valence-electron chi connectivity index (χ2n) is 7.62. The lowest BCUT2D eigenvalue weighted by atomic mass is 9.81. The summed E-state index contributed by atoms with van der Waals surface area (Å²) in [5.41, 5.74) is 1.18. The van der Waals surface area contributed by atoms with Gasteiger partial charge in [0.2, 0.25) is 11.8 Å². The average Bonchev–Trinajstić information content (AvgIpc) is 2.98. The summed E-state index contributed by atoms with van der Waals surface area (Å²) in [5.74, 6) is -2.60. The number of rotatable bonds is 4.